The van der Waals surface area contributed by atoms with Gasteiger partial charge in [0.1, 0.15) is 0 Å². The molecule has 1 aromatic rings. The molecule has 0 aliphatic rings. The third-order valence-electron chi connectivity index (χ3n) is 2.09. The Bertz CT molecular complexity index is 355. The van der Waals surface area contributed by atoms with Crippen LogP contribution in [0, 0.1) is 3.57 Å². The van der Waals surface area contributed by atoms with Crippen LogP contribution in [0.25, 0.3) is 0 Å². The van der Waals surface area contributed by atoms with E-state index in [2.05, 4.69) is 0 Å². The molecule has 2 nitrogen and oxygen atoms in total. The molecule has 1 unspecified atom stereocenters. The van der Waals surface area contributed by atoms with Crippen LogP contribution in [0.1, 0.15) is 5.56 Å². The molecular formula is C9H9F3INO. The number of benzene rings is 1. The van der Waals surface area contributed by atoms with Gasteiger partial charge in [-0.2, -0.15) is 13.2 Å². The number of nitrogens with two attached hydrogens (primary N) is 1. The molecule has 0 saturated heterocycles. The Morgan fingerprint density at radius 1 is 1.33 bits per heavy atom. The summed E-state index contributed by atoms with van der Waals surface area (Å²) in [6.07, 6.45) is -4.67. The molecule has 6 heteroatoms. The maximum absolute atomic E-state index is 12.6. The number of rotatable bonds is 2. The van der Waals surface area contributed by atoms with Crippen molar-refractivity contribution in [1.82, 2.24) is 0 Å². The zero-order valence-electron chi connectivity index (χ0n) is 7.55. The van der Waals surface area contributed by atoms with E-state index >= 15 is 0 Å². The van der Waals surface area contributed by atoms with Crippen molar-refractivity contribution in [1.29, 1.82) is 0 Å². The molecule has 0 bridgehead atoms. The molecule has 0 radical (unpaired) electrons. The van der Waals surface area contributed by atoms with Gasteiger partial charge in [0.15, 0.2) is 5.54 Å². The number of hydrogen-bond acceptors (Lipinski definition) is 2. The van der Waals surface area contributed by atoms with Crippen LogP contribution in [0.5, 0.6) is 0 Å². The molecule has 0 amide bonds. The highest BCUT2D eigenvalue weighted by Gasteiger charge is 2.52. The summed E-state index contributed by atoms with van der Waals surface area (Å²) in [4.78, 5) is 0. The number of aliphatic hydroxyl groups excluding tert-OH is 1. The Balaban J connectivity index is 3.23. The summed E-state index contributed by atoms with van der Waals surface area (Å²) in [5, 5.41) is 8.82. The van der Waals surface area contributed by atoms with E-state index in [-0.39, 0.29) is 5.56 Å². The highest BCUT2D eigenvalue weighted by atomic mass is 127. The smallest absolute Gasteiger partial charge is 0.394 e. The summed E-state index contributed by atoms with van der Waals surface area (Å²) in [5.41, 5.74) is 2.37. The molecule has 0 aromatic heterocycles. The fourth-order valence-corrected chi connectivity index (χ4v) is 1.65. The van der Waals surface area contributed by atoms with Gasteiger partial charge in [0.05, 0.1) is 6.61 Å². The molecule has 15 heavy (non-hydrogen) atoms. The van der Waals surface area contributed by atoms with Gasteiger partial charge < -0.3 is 10.8 Å². The molecule has 1 atom stereocenters. The van der Waals surface area contributed by atoms with Gasteiger partial charge in [-0.1, -0.05) is 12.1 Å². The maximum Gasteiger partial charge on any atom is 0.412 e. The first-order valence-corrected chi connectivity index (χ1v) is 5.11. The largest absolute Gasteiger partial charge is 0.412 e. The van der Waals surface area contributed by atoms with Crippen molar-refractivity contribution in [2.45, 2.75) is 11.7 Å². The zero-order chi connectivity index (χ0) is 11.7. The fourth-order valence-electron chi connectivity index (χ4n) is 1.11. The number of hydrogen-bond donors (Lipinski definition) is 2. The third kappa shape index (κ3) is 2.43. The predicted molar refractivity (Wildman–Crippen MR) is 58.2 cm³/mol. The first-order valence-electron chi connectivity index (χ1n) is 4.04. The van der Waals surface area contributed by atoms with Crippen LogP contribution in [0.15, 0.2) is 24.3 Å². The minimum atomic E-state index is -4.67. The predicted octanol–water partition coefficient (Wildman–Crippen LogP) is 2.00. The van der Waals surface area contributed by atoms with Crippen LogP contribution < -0.4 is 5.73 Å². The van der Waals surface area contributed by atoms with Gasteiger partial charge in [0, 0.05) is 3.57 Å². The molecule has 84 valence electrons. The molecule has 0 fully saturated rings. The summed E-state index contributed by atoms with van der Waals surface area (Å²) in [6.45, 7) is -1.17. The molecule has 1 rings (SSSR count). The van der Waals surface area contributed by atoms with Gasteiger partial charge in [0.25, 0.3) is 0 Å². The molecule has 1 aromatic carbocycles. The van der Waals surface area contributed by atoms with Gasteiger partial charge >= 0.3 is 6.18 Å². The lowest BCUT2D eigenvalue weighted by Crippen LogP contribution is -2.53. The third-order valence-corrected chi connectivity index (χ3v) is 2.77. The van der Waals surface area contributed by atoms with Crippen molar-refractivity contribution < 1.29 is 18.3 Å². The van der Waals surface area contributed by atoms with Crippen LogP contribution in [-0.2, 0) is 5.54 Å². The topological polar surface area (TPSA) is 46.2 Å². The monoisotopic (exact) mass is 331 g/mol. The van der Waals surface area contributed by atoms with Gasteiger partial charge in [0.2, 0.25) is 0 Å². The first-order chi connectivity index (χ1) is 6.81. The van der Waals surface area contributed by atoms with E-state index in [0.29, 0.717) is 3.57 Å². The average Bonchev–Trinajstić information content (AvgIpc) is 2.14. The highest BCUT2D eigenvalue weighted by molar-refractivity contribution is 14.1. The van der Waals surface area contributed by atoms with Crippen LogP contribution in [0.4, 0.5) is 13.2 Å². The van der Waals surface area contributed by atoms with Crippen molar-refractivity contribution in [3.05, 3.63) is 33.4 Å². The van der Waals surface area contributed by atoms with E-state index in [9.17, 15) is 13.2 Å². The molecule has 0 aliphatic carbocycles. The van der Waals surface area contributed by atoms with Crippen molar-refractivity contribution in [2.75, 3.05) is 6.61 Å². The first kappa shape index (κ1) is 12.7. The van der Waals surface area contributed by atoms with E-state index < -0.39 is 18.3 Å². The molecule has 0 heterocycles. The van der Waals surface area contributed by atoms with Gasteiger partial charge in [-0.3, -0.25) is 0 Å². The minimum absolute atomic E-state index is 0.135. The second-order valence-electron chi connectivity index (χ2n) is 3.14. The van der Waals surface area contributed by atoms with E-state index in [1.165, 1.54) is 18.2 Å². The number of aliphatic hydroxyl groups is 1. The van der Waals surface area contributed by atoms with Gasteiger partial charge in [-0.05, 0) is 40.3 Å². The Morgan fingerprint density at radius 2 is 1.93 bits per heavy atom. The standard InChI is InChI=1S/C9H9F3INO/c10-9(11,12)8(14,5-15)6-2-1-3-7(13)4-6/h1-4,15H,5,14H2. The summed E-state index contributed by atoms with van der Waals surface area (Å²) in [6, 6.07) is 5.69. The van der Waals surface area contributed by atoms with Gasteiger partial charge in [-0.25, -0.2) is 0 Å². The van der Waals surface area contributed by atoms with Crippen LogP contribution >= 0.6 is 22.6 Å². The normalized spacial score (nSPS) is 16.1. The van der Waals surface area contributed by atoms with Crippen molar-refractivity contribution in [3.63, 3.8) is 0 Å². The highest BCUT2D eigenvalue weighted by Crippen LogP contribution is 2.36. The van der Waals surface area contributed by atoms with Gasteiger partial charge in [-0.15, -0.1) is 0 Å². The lowest BCUT2D eigenvalue weighted by atomic mass is 9.91. The minimum Gasteiger partial charge on any atom is -0.394 e. The maximum atomic E-state index is 12.6. The van der Waals surface area contributed by atoms with E-state index in [4.69, 9.17) is 10.8 Å². The fraction of sp³-hybridized carbons (Fsp3) is 0.333. The van der Waals surface area contributed by atoms with Crippen molar-refractivity contribution >= 4 is 22.6 Å². The van der Waals surface area contributed by atoms with Crippen LogP contribution in [-0.4, -0.2) is 17.9 Å². The lowest BCUT2D eigenvalue weighted by Gasteiger charge is -2.30. The number of halogens is 4. The lowest BCUT2D eigenvalue weighted by molar-refractivity contribution is -0.199. The van der Waals surface area contributed by atoms with Crippen molar-refractivity contribution in [3.8, 4) is 0 Å². The Morgan fingerprint density at radius 3 is 2.33 bits per heavy atom. The summed E-state index contributed by atoms with van der Waals surface area (Å²) >= 11 is 1.89. The summed E-state index contributed by atoms with van der Waals surface area (Å²) in [5.74, 6) is 0. The summed E-state index contributed by atoms with van der Waals surface area (Å²) in [7, 11) is 0. The Kier molecular flexibility index (Phi) is 3.62. The quantitative estimate of drug-likeness (QED) is 0.815. The van der Waals surface area contributed by atoms with Crippen molar-refractivity contribution in [2.24, 2.45) is 5.73 Å². The molecule has 0 aliphatic heterocycles. The van der Waals surface area contributed by atoms with Crippen LogP contribution in [0.3, 0.4) is 0 Å². The van der Waals surface area contributed by atoms with E-state index in [1.807, 2.05) is 22.6 Å². The second-order valence-corrected chi connectivity index (χ2v) is 4.38. The van der Waals surface area contributed by atoms with E-state index in [0.717, 1.165) is 0 Å². The average molecular weight is 331 g/mol. The Hall–Kier alpha value is -0.340. The SMILES string of the molecule is NC(CO)(c1cccc(I)c1)C(F)(F)F. The van der Waals surface area contributed by atoms with Crippen LogP contribution in [0.2, 0.25) is 0 Å². The second kappa shape index (κ2) is 4.26. The number of alkyl halides is 3. The molecule has 3 N–H and O–H groups in total. The zero-order valence-corrected chi connectivity index (χ0v) is 9.71. The summed E-state index contributed by atoms with van der Waals surface area (Å²) < 4.78 is 38.5. The molecule has 0 saturated carbocycles. The molecular weight excluding hydrogens is 322 g/mol. The molecule has 0 spiro atoms. The Labute approximate surface area is 98.4 Å². The van der Waals surface area contributed by atoms with E-state index in [1.54, 1.807) is 6.07 Å².